The molecule has 0 bridgehead atoms. The highest BCUT2D eigenvalue weighted by molar-refractivity contribution is 5.81. The average molecular weight is 429 g/mol. The first-order valence-electron chi connectivity index (χ1n) is 11.9. The van der Waals surface area contributed by atoms with Crippen molar-refractivity contribution in [2.45, 2.75) is 109 Å². The van der Waals surface area contributed by atoms with E-state index < -0.39 is 24.4 Å². The zero-order valence-corrected chi connectivity index (χ0v) is 19.2. The highest BCUT2D eigenvalue weighted by Gasteiger charge is 2.40. The van der Waals surface area contributed by atoms with E-state index in [0.29, 0.717) is 12.6 Å². The minimum Gasteiger partial charge on any atom is -0.395 e. The van der Waals surface area contributed by atoms with Crippen molar-refractivity contribution in [1.29, 1.82) is 0 Å². The molecule has 7 nitrogen and oxygen atoms in total. The van der Waals surface area contributed by atoms with Gasteiger partial charge in [-0.3, -0.25) is 9.69 Å². The topological polar surface area (TPSA) is 104 Å². The summed E-state index contributed by atoms with van der Waals surface area (Å²) in [6.45, 7) is 7.51. The molecule has 1 aliphatic heterocycles. The normalized spacial score (nSPS) is 29.2. The summed E-state index contributed by atoms with van der Waals surface area (Å²) >= 11 is 0. The van der Waals surface area contributed by atoms with Crippen molar-refractivity contribution in [1.82, 2.24) is 9.80 Å². The van der Waals surface area contributed by atoms with Crippen LogP contribution in [0.15, 0.2) is 0 Å². The minimum atomic E-state index is -1.20. The Morgan fingerprint density at radius 2 is 1.60 bits per heavy atom. The summed E-state index contributed by atoms with van der Waals surface area (Å²) in [5.41, 5.74) is -0.350. The average Bonchev–Trinajstić information content (AvgIpc) is 2.71. The molecule has 1 saturated carbocycles. The molecular formula is C23H44N2O5. The molecule has 1 aliphatic carbocycles. The zero-order valence-electron chi connectivity index (χ0n) is 19.2. The number of piperidine rings is 1. The van der Waals surface area contributed by atoms with E-state index in [1.807, 2.05) is 25.7 Å². The maximum Gasteiger partial charge on any atom is 0.228 e. The Balaban J connectivity index is 1.76. The van der Waals surface area contributed by atoms with Gasteiger partial charge in [-0.05, 0) is 32.2 Å². The standard InChI is InChI=1S/C23H44N2O5/c1-23(2,3)22(30)25(17-11-7-6-8-12-17)14-10-5-4-9-13-24-15-19(27)21(29)20(28)18(24)16-26/h17-21,26-29H,4-16H2,1-3H3. The van der Waals surface area contributed by atoms with E-state index in [9.17, 15) is 25.2 Å². The molecule has 2 rings (SSSR count). The van der Waals surface area contributed by atoms with Gasteiger partial charge < -0.3 is 25.3 Å². The number of aliphatic hydroxyl groups excluding tert-OH is 4. The quantitative estimate of drug-likeness (QED) is 0.415. The van der Waals surface area contributed by atoms with Crippen LogP contribution >= 0.6 is 0 Å². The van der Waals surface area contributed by atoms with Crippen LogP contribution in [0.5, 0.6) is 0 Å². The number of β-amino-alcohol motifs (C(OH)–C–C–N with tert-alkyl or cyclic N) is 1. The van der Waals surface area contributed by atoms with E-state index in [0.717, 1.165) is 45.1 Å². The number of carbonyl (C=O) groups is 1. The van der Waals surface area contributed by atoms with Gasteiger partial charge in [0.15, 0.2) is 0 Å². The lowest BCUT2D eigenvalue weighted by atomic mass is 9.89. The molecular weight excluding hydrogens is 384 g/mol. The number of rotatable bonds is 9. The van der Waals surface area contributed by atoms with E-state index in [1.54, 1.807) is 0 Å². The first kappa shape index (κ1) is 25.5. The Bertz CT molecular complexity index is 518. The van der Waals surface area contributed by atoms with Gasteiger partial charge in [0.25, 0.3) is 0 Å². The highest BCUT2D eigenvalue weighted by atomic mass is 16.4. The Morgan fingerprint density at radius 3 is 2.20 bits per heavy atom. The fourth-order valence-corrected chi connectivity index (χ4v) is 4.86. The summed E-state index contributed by atoms with van der Waals surface area (Å²) in [5.74, 6) is 0.259. The summed E-state index contributed by atoms with van der Waals surface area (Å²) in [6.07, 6.45) is 6.50. The number of nitrogens with zero attached hydrogens (tertiary/aromatic N) is 2. The molecule has 1 saturated heterocycles. The fraction of sp³-hybridized carbons (Fsp3) is 0.957. The number of hydrogen-bond donors (Lipinski definition) is 4. The first-order valence-corrected chi connectivity index (χ1v) is 11.9. The Labute approximate surface area is 182 Å². The summed E-state index contributed by atoms with van der Waals surface area (Å²) in [4.78, 5) is 17.0. The van der Waals surface area contributed by atoms with Gasteiger partial charge in [-0.25, -0.2) is 0 Å². The molecule has 30 heavy (non-hydrogen) atoms. The second-order valence-corrected chi connectivity index (χ2v) is 10.2. The molecule has 0 aromatic heterocycles. The highest BCUT2D eigenvalue weighted by Crippen LogP contribution is 2.28. The van der Waals surface area contributed by atoms with Crippen molar-refractivity contribution in [2.24, 2.45) is 5.41 Å². The van der Waals surface area contributed by atoms with Gasteiger partial charge in [-0.15, -0.1) is 0 Å². The predicted octanol–water partition coefficient (Wildman–Crippen LogP) is 1.51. The number of unbranched alkanes of at least 4 members (excludes halogenated alkanes) is 3. The largest absolute Gasteiger partial charge is 0.395 e. The molecule has 2 fully saturated rings. The third-order valence-corrected chi connectivity index (χ3v) is 6.73. The number of likely N-dealkylation sites (tertiary alicyclic amines) is 1. The van der Waals surface area contributed by atoms with Gasteiger partial charge in [0.1, 0.15) is 12.2 Å². The number of hydrogen-bond acceptors (Lipinski definition) is 6. The van der Waals surface area contributed by atoms with E-state index in [2.05, 4.69) is 4.90 Å². The van der Waals surface area contributed by atoms with Gasteiger partial charge in [-0.2, -0.15) is 0 Å². The smallest absolute Gasteiger partial charge is 0.228 e. The van der Waals surface area contributed by atoms with Crippen LogP contribution in [-0.4, -0.2) is 92.8 Å². The van der Waals surface area contributed by atoms with Crippen LogP contribution in [0.3, 0.4) is 0 Å². The maximum atomic E-state index is 13.0. The molecule has 4 atom stereocenters. The molecule has 4 unspecified atom stereocenters. The Hall–Kier alpha value is -0.730. The number of carbonyl (C=O) groups excluding carboxylic acids is 1. The molecule has 2 aliphatic rings. The lowest BCUT2D eigenvalue weighted by Crippen LogP contribution is -2.62. The molecule has 1 amide bonds. The van der Waals surface area contributed by atoms with Crippen molar-refractivity contribution in [3.63, 3.8) is 0 Å². The molecule has 0 radical (unpaired) electrons. The third kappa shape index (κ3) is 6.89. The predicted molar refractivity (Wildman–Crippen MR) is 117 cm³/mol. The third-order valence-electron chi connectivity index (χ3n) is 6.73. The van der Waals surface area contributed by atoms with E-state index in [4.69, 9.17) is 0 Å². The Kier molecular flexibility index (Phi) is 10.0. The van der Waals surface area contributed by atoms with Crippen molar-refractivity contribution >= 4 is 5.91 Å². The van der Waals surface area contributed by atoms with Crippen LogP contribution < -0.4 is 0 Å². The van der Waals surface area contributed by atoms with Gasteiger partial charge in [0.2, 0.25) is 5.91 Å². The second-order valence-electron chi connectivity index (χ2n) is 10.2. The van der Waals surface area contributed by atoms with Crippen molar-refractivity contribution in [2.75, 3.05) is 26.2 Å². The summed E-state index contributed by atoms with van der Waals surface area (Å²) in [5, 5.41) is 39.3. The second kappa shape index (κ2) is 11.8. The van der Waals surface area contributed by atoms with Gasteiger partial charge >= 0.3 is 0 Å². The van der Waals surface area contributed by atoms with Crippen LogP contribution in [-0.2, 0) is 4.79 Å². The van der Waals surface area contributed by atoms with E-state index >= 15 is 0 Å². The van der Waals surface area contributed by atoms with Crippen LogP contribution in [0.25, 0.3) is 0 Å². The van der Waals surface area contributed by atoms with Crippen molar-refractivity contribution in [3.05, 3.63) is 0 Å². The van der Waals surface area contributed by atoms with E-state index in [1.165, 1.54) is 19.3 Å². The molecule has 0 aromatic carbocycles. The molecule has 0 spiro atoms. The number of amides is 1. The first-order chi connectivity index (χ1) is 14.2. The summed E-state index contributed by atoms with van der Waals surface area (Å²) in [6, 6.07) is -0.145. The van der Waals surface area contributed by atoms with Crippen molar-refractivity contribution < 1.29 is 25.2 Å². The lowest BCUT2D eigenvalue weighted by molar-refractivity contribution is -0.145. The summed E-state index contributed by atoms with van der Waals surface area (Å²) < 4.78 is 0. The van der Waals surface area contributed by atoms with Crippen LogP contribution in [0, 0.1) is 5.41 Å². The zero-order chi connectivity index (χ0) is 22.3. The molecule has 7 heteroatoms. The van der Waals surface area contributed by atoms with Crippen LogP contribution in [0.2, 0.25) is 0 Å². The number of aliphatic hydroxyl groups is 4. The lowest BCUT2D eigenvalue weighted by Gasteiger charge is -2.43. The molecule has 1 heterocycles. The van der Waals surface area contributed by atoms with Crippen LogP contribution in [0.4, 0.5) is 0 Å². The molecule has 4 N–H and O–H groups in total. The summed E-state index contributed by atoms with van der Waals surface area (Å²) in [7, 11) is 0. The van der Waals surface area contributed by atoms with Gasteiger partial charge in [0, 0.05) is 24.5 Å². The Morgan fingerprint density at radius 1 is 0.967 bits per heavy atom. The monoisotopic (exact) mass is 428 g/mol. The van der Waals surface area contributed by atoms with Crippen LogP contribution in [0.1, 0.15) is 78.6 Å². The minimum absolute atomic E-state index is 0.240. The SMILES string of the molecule is CC(C)(C)C(=O)N(CCCCCCN1CC(O)C(O)C(O)C1CO)C1CCCCC1. The van der Waals surface area contributed by atoms with Gasteiger partial charge in [0.05, 0.1) is 18.8 Å². The van der Waals surface area contributed by atoms with Gasteiger partial charge in [-0.1, -0.05) is 52.9 Å². The molecule has 0 aromatic rings. The van der Waals surface area contributed by atoms with E-state index in [-0.39, 0.29) is 24.5 Å². The fourth-order valence-electron chi connectivity index (χ4n) is 4.86. The maximum absolute atomic E-state index is 13.0. The van der Waals surface area contributed by atoms with Crippen molar-refractivity contribution in [3.8, 4) is 0 Å². The molecule has 176 valence electrons.